The summed E-state index contributed by atoms with van der Waals surface area (Å²) in [4.78, 5) is 48.6. The van der Waals surface area contributed by atoms with Gasteiger partial charge in [0.1, 0.15) is 23.9 Å². The summed E-state index contributed by atoms with van der Waals surface area (Å²) in [6.45, 7) is 2.16. The van der Waals surface area contributed by atoms with E-state index in [-0.39, 0.29) is 29.9 Å². The molecule has 3 amide bonds. The van der Waals surface area contributed by atoms with Gasteiger partial charge < -0.3 is 31.5 Å². The minimum Gasteiger partial charge on any atom is -0.508 e. The highest BCUT2D eigenvalue weighted by Crippen LogP contribution is 2.11. The van der Waals surface area contributed by atoms with Gasteiger partial charge in [0.15, 0.2) is 0 Å². The number of carbonyl (C=O) groups excluding carboxylic acids is 3. The first kappa shape index (κ1) is 24.5. The molecule has 10 nitrogen and oxygen atoms in total. The van der Waals surface area contributed by atoms with Crippen LogP contribution >= 0.6 is 12.6 Å². The molecular weight excluding hydrogens is 424 g/mol. The second-order valence-electron chi connectivity index (χ2n) is 7.39. The van der Waals surface area contributed by atoms with Gasteiger partial charge >= 0.3 is 5.97 Å². The van der Waals surface area contributed by atoms with Crippen molar-refractivity contribution in [1.82, 2.24) is 21.3 Å². The van der Waals surface area contributed by atoms with E-state index in [0.29, 0.717) is 12.0 Å². The fraction of sp³-hybridized carbons (Fsp3) is 0.500. The van der Waals surface area contributed by atoms with Crippen molar-refractivity contribution in [3.05, 3.63) is 29.8 Å². The van der Waals surface area contributed by atoms with Crippen LogP contribution in [0.25, 0.3) is 0 Å². The molecule has 1 aliphatic heterocycles. The van der Waals surface area contributed by atoms with Crippen LogP contribution in [0.1, 0.15) is 25.3 Å². The predicted octanol–water partition coefficient (Wildman–Crippen LogP) is -0.825. The number of rotatable bonds is 10. The lowest BCUT2D eigenvalue weighted by molar-refractivity contribution is -0.142. The number of amides is 3. The largest absolute Gasteiger partial charge is 0.508 e. The molecule has 0 spiro atoms. The number of benzene rings is 1. The van der Waals surface area contributed by atoms with Gasteiger partial charge in [-0.25, -0.2) is 4.79 Å². The molecule has 4 unspecified atom stereocenters. The standard InChI is InChI=1S/C20H28N4O6S/c1-11(22-19(28)16(10-31)24-18(27)14-3-2-8-21-14)17(26)23-15(20(29)30)9-12-4-6-13(25)7-5-12/h4-7,11,14-16,21,25,31H,2-3,8-10H2,1H3,(H,22,28)(H,23,26)(H,24,27)(H,29,30). The third-order valence-electron chi connectivity index (χ3n) is 4.94. The number of carboxylic acids is 1. The van der Waals surface area contributed by atoms with E-state index in [2.05, 4.69) is 33.9 Å². The van der Waals surface area contributed by atoms with Gasteiger partial charge in [-0.2, -0.15) is 12.6 Å². The Kier molecular flexibility index (Phi) is 9.13. The summed E-state index contributed by atoms with van der Waals surface area (Å²) < 4.78 is 0. The van der Waals surface area contributed by atoms with Crippen molar-refractivity contribution in [2.45, 2.75) is 50.4 Å². The number of carboxylic acid groups (broad SMARTS) is 1. The number of hydrogen-bond acceptors (Lipinski definition) is 7. The van der Waals surface area contributed by atoms with E-state index >= 15 is 0 Å². The van der Waals surface area contributed by atoms with E-state index in [1.807, 2.05) is 0 Å². The molecule has 1 fully saturated rings. The number of hydrogen-bond donors (Lipinski definition) is 7. The summed E-state index contributed by atoms with van der Waals surface area (Å²) in [7, 11) is 0. The lowest BCUT2D eigenvalue weighted by Crippen LogP contribution is -2.57. The van der Waals surface area contributed by atoms with Crippen LogP contribution in [0, 0.1) is 0 Å². The van der Waals surface area contributed by atoms with Gasteiger partial charge in [-0.3, -0.25) is 14.4 Å². The molecule has 0 bridgehead atoms. The minimum atomic E-state index is -1.23. The number of thiol groups is 1. The summed E-state index contributed by atoms with van der Waals surface area (Å²) in [5.74, 6) is -2.72. The normalized spacial score (nSPS) is 18.5. The SMILES string of the molecule is CC(NC(=O)C(CS)NC(=O)C1CCCN1)C(=O)NC(Cc1ccc(O)cc1)C(=O)O. The Hall–Kier alpha value is -2.79. The van der Waals surface area contributed by atoms with Gasteiger partial charge in [0.25, 0.3) is 0 Å². The number of aliphatic carboxylic acids is 1. The maximum atomic E-state index is 12.5. The zero-order chi connectivity index (χ0) is 23.0. The zero-order valence-corrected chi connectivity index (χ0v) is 18.0. The Morgan fingerprint density at radius 2 is 1.77 bits per heavy atom. The predicted molar refractivity (Wildman–Crippen MR) is 116 cm³/mol. The quantitative estimate of drug-likeness (QED) is 0.229. The molecule has 31 heavy (non-hydrogen) atoms. The average molecular weight is 453 g/mol. The fourth-order valence-corrected chi connectivity index (χ4v) is 3.38. The maximum Gasteiger partial charge on any atom is 0.326 e. The van der Waals surface area contributed by atoms with E-state index in [0.717, 1.165) is 13.0 Å². The minimum absolute atomic E-state index is 0.00569. The first-order valence-corrected chi connectivity index (χ1v) is 10.6. The third kappa shape index (κ3) is 7.44. The topological polar surface area (TPSA) is 157 Å². The van der Waals surface area contributed by atoms with Gasteiger partial charge in [0.2, 0.25) is 17.7 Å². The Labute approximate surface area is 185 Å². The number of phenols is 1. The molecule has 1 aromatic carbocycles. The molecule has 2 rings (SSSR count). The van der Waals surface area contributed by atoms with Crippen molar-refractivity contribution in [2.75, 3.05) is 12.3 Å². The Bertz CT molecular complexity index is 797. The Morgan fingerprint density at radius 3 is 2.32 bits per heavy atom. The maximum absolute atomic E-state index is 12.5. The van der Waals surface area contributed by atoms with E-state index in [1.54, 1.807) is 12.1 Å². The summed E-state index contributed by atoms with van der Waals surface area (Å²) in [6, 6.07) is 2.43. The van der Waals surface area contributed by atoms with Crippen molar-refractivity contribution >= 4 is 36.3 Å². The van der Waals surface area contributed by atoms with Crippen LogP contribution in [0.3, 0.4) is 0 Å². The van der Waals surface area contributed by atoms with Crippen molar-refractivity contribution in [3.8, 4) is 5.75 Å². The van der Waals surface area contributed by atoms with E-state index in [9.17, 15) is 29.4 Å². The van der Waals surface area contributed by atoms with Crippen LogP contribution in [0.15, 0.2) is 24.3 Å². The summed E-state index contributed by atoms with van der Waals surface area (Å²) in [5.41, 5.74) is 0.612. The van der Waals surface area contributed by atoms with Gasteiger partial charge in [0, 0.05) is 12.2 Å². The molecule has 1 aromatic rings. The van der Waals surface area contributed by atoms with Crippen LogP contribution in [0.2, 0.25) is 0 Å². The van der Waals surface area contributed by atoms with Gasteiger partial charge in [-0.05, 0) is 44.0 Å². The highest BCUT2D eigenvalue weighted by molar-refractivity contribution is 7.80. The molecule has 0 aromatic heterocycles. The number of phenolic OH excluding ortho intramolecular Hbond substituents is 1. The molecule has 11 heteroatoms. The molecule has 6 N–H and O–H groups in total. The summed E-state index contributed by atoms with van der Waals surface area (Å²) in [6.07, 6.45) is 1.57. The lowest BCUT2D eigenvalue weighted by Gasteiger charge is -2.22. The number of nitrogens with one attached hydrogen (secondary N) is 4. The van der Waals surface area contributed by atoms with E-state index < -0.39 is 35.9 Å². The van der Waals surface area contributed by atoms with Crippen LogP contribution in [0.4, 0.5) is 0 Å². The van der Waals surface area contributed by atoms with Gasteiger partial charge in [-0.1, -0.05) is 12.1 Å². The van der Waals surface area contributed by atoms with Crippen molar-refractivity contribution in [2.24, 2.45) is 0 Å². The molecule has 170 valence electrons. The smallest absolute Gasteiger partial charge is 0.326 e. The Balaban J connectivity index is 1.90. The van der Waals surface area contributed by atoms with E-state index in [4.69, 9.17) is 0 Å². The number of aromatic hydroxyl groups is 1. The first-order chi connectivity index (χ1) is 14.7. The Morgan fingerprint density at radius 1 is 1.10 bits per heavy atom. The molecule has 0 aliphatic carbocycles. The molecular formula is C20H28N4O6S. The first-order valence-electron chi connectivity index (χ1n) is 9.97. The molecule has 1 heterocycles. The van der Waals surface area contributed by atoms with Crippen LogP contribution < -0.4 is 21.3 Å². The van der Waals surface area contributed by atoms with Gasteiger partial charge in [0.05, 0.1) is 6.04 Å². The molecule has 1 aliphatic rings. The van der Waals surface area contributed by atoms with Crippen LogP contribution in [-0.2, 0) is 25.6 Å². The monoisotopic (exact) mass is 452 g/mol. The molecule has 1 saturated heterocycles. The van der Waals surface area contributed by atoms with Gasteiger partial charge in [-0.15, -0.1) is 0 Å². The van der Waals surface area contributed by atoms with Crippen LogP contribution in [0.5, 0.6) is 5.75 Å². The third-order valence-corrected chi connectivity index (χ3v) is 5.30. The highest BCUT2D eigenvalue weighted by atomic mass is 32.1. The van der Waals surface area contributed by atoms with Crippen molar-refractivity contribution in [1.29, 1.82) is 0 Å². The number of carbonyl (C=O) groups is 4. The van der Waals surface area contributed by atoms with Crippen molar-refractivity contribution in [3.63, 3.8) is 0 Å². The zero-order valence-electron chi connectivity index (χ0n) is 17.1. The lowest BCUT2D eigenvalue weighted by atomic mass is 10.1. The second-order valence-corrected chi connectivity index (χ2v) is 7.76. The molecule has 4 atom stereocenters. The molecule has 0 saturated carbocycles. The summed E-state index contributed by atoms with van der Waals surface area (Å²) in [5, 5.41) is 29.3. The van der Waals surface area contributed by atoms with E-state index in [1.165, 1.54) is 19.1 Å². The van der Waals surface area contributed by atoms with Crippen molar-refractivity contribution < 1.29 is 29.4 Å². The summed E-state index contributed by atoms with van der Waals surface area (Å²) >= 11 is 4.10. The molecule has 0 radical (unpaired) electrons. The average Bonchev–Trinajstić information content (AvgIpc) is 3.27. The highest BCUT2D eigenvalue weighted by Gasteiger charge is 2.29. The second kappa shape index (κ2) is 11.6. The van der Waals surface area contributed by atoms with Crippen LogP contribution in [-0.4, -0.2) is 70.4 Å². The fourth-order valence-electron chi connectivity index (χ4n) is 3.12.